The molecule has 2 amide bonds. The van der Waals surface area contributed by atoms with Crippen LogP contribution < -0.4 is 10.6 Å². The van der Waals surface area contributed by atoms with Crippen molar-refractivity contribution in [1.29, 1.82) is 0 Å². The van der Waals surface area contributed by atoms with Crippen LogP contribution in [0.2, 0.25) is 0 Å². The van der Waals surface area contributed by atoms with Crippen LogP contribution in [0.1, 0.15) is 19.3 Å². The minimum Gasteiger partial charge on any atom is -0.481 e. The first-order chi connectivity index (χ1) is 9.38. The first-order valence-corrected chi connectivity index (χ1v) is 6.56. The van der Waals surface area contributed by atoms with Gasteiger partial charge in [-0.25, -0.2) is 9.59 Å². The number of rotatable bonds is 6. The summed E-state index contributed by atoms with van der Waals surface area (Å²) in [5.74, 6) is -2.26. The van der Waals surface area contributed by atoms with E-state index in [1.165, 1.54) is 0 Å². The Morgan fingerprint density at radius 1 is 1.25 bits per heavy atom. The number of hydrogen-bond acceptors (Lipinski definition) is 4. The monoisotopic (exact) mass is 287 g/mol. The Labute approximate surface area is 117 Å². The Hall–Kier alpha value is -1.83. The van der Waals surface area contributed by atoms with Gasteiger partial charge in [-0.05, 0) is 38.9 Å². The molecule has 0 aromatic rings. The van der Waals surface area contributed by atoms with E-state index in [9.17, 15) is 14.4 Å². The molecule has 0 radical (unpaired) electrons. The lowest BCUT2D eigenvalue weighted by Crippen LogP contribution is -2.48. The summed E-state index contributed by atoms with van der Waals surface area (Å²) in [5.41, 5.74) is 0. The molecule has 4 N–H and O–H groups in total. The molecule has 1 atom stereocenters. The number of carbonyl (C=O) groups excluding carboxylic acids is 1. The van der Waals surface area contributed by atoms with Gasteiger partial charge >= 0.3 is 18.0 Å². The molecular formula is C12H21N3O5. The van der Waals surface area contributed by atoms with Gasteiger partial charge in [0.05, 0.1) is 6.42 Å². The Morgan fingerprint density at radius 2 is 1.85 bits per heavy atom. The van der Waals surface area contributed by atoms with E-state index in [4.69, 9.17) is 10.2 Å². The molecule has 0 bridgehead atoms. The molecule has 0 unspecified atom stereocenters. The lowest BCUT2D eigenvalue weighted by Gasteiger charge is -2.29. The number of carboxylic acids is 2. The van der Waals surface area contributed by atoms with Gasteiger partial charge in [0.15, 0.2) is 0 Å². The van der Waals surface area contributed by atoms with Crippen molar-refractivity contribution in [2.45, 2.75) is 25.3 Å². The largest absolute Gasteiger partial charge is 0.481 e. The summed E-state index contributed by atoms with van der Waals surface area (Å²) >= 11 is 0. The van der Waals surface area contributed by atoms with Crippen molar-refractivity contribution in [1.82, 2.24) is 15.5 Å². The normalized spacial score (nSPS) is 18.2. The summed E-state index contributed by atoms with van der Waals surface area (Å²) in [6, 6.07) is -2.05. The number of aliphatic carboxylic acids is 2. The molecular weight excluding hydrogens is 266 g/mol. The van der Waals surface area contributed by atoms with Crippen LogP contribution in [0.4, 0.5) is 4.79 Å². The molecule has 20 heavy (non-hydrogen) atoms. The standard InChI is InChI=1S/C12H21N3O5/c1-15-4-2-8(3-5-15)7-13-12(20)14-9(11(18)19)6-10(16)17/h8-9H,2-7H2,1H3,(H,16,17)(H,18,19)(H2,13,14,20)/t9-/m0/s1. The molecule has 1 saturated heterocycles. The third kappa shape index (κ3) is 5.87. The Kier molecular flexibility index (Phi) is 6.23. The van der Waals surface area contributed by atoms with Gasteiger partial charge in [0.25, 0.3) is 0 Å². The molecule has 1 aliphatic heterocycles. The zero-order valence-electron chi connectivity index (χ0n) is 11.5. The van der Waals surface area contributed by atoms with Crippen LogP contribution in [-0.4, -0.2) is 65.8 Å². The van der Waals surface area contributed by atoms with E-state index in [2.05, 4.69) is 15.5 Å². The van der Waals surface area contributed by atoms with E-state index in [0.29, 0.717) is 12.5 Å². The van der Waals surface area contributed by atoms with Gasteiger partial charge in [0, 0.05) is 6.54 Å². The average molecular weight is 287 g/mol. The van der Waals surface area contributed by atoms with Gasteiger partial charge in [-0.3, -0.25) is 4.79 Å². The SMILES string of the molecule is CN1CCC(CNC(=O)N[C@@H](CC(=O)O)C(=O)O)CC1. The van der Waals surface area contributed by atoms with Gasteiger partial charge in [0.2, 0.25) is 0 Å². The van der Waals surface area contributed by atoms with Crippen LogP contribution in [-0.2, 0) is 9.59 Å². The van der Waals surface area contributed by atoms with E-state index in [0.717, 1.165) is 25.9 Å². The summed E-state index contributed by atoms with van der Waals surface area (Å²) in [7, 11) is 2.04. The summed E-state index contributed by atoms with van der Waals surface area (Å²) in [6.45, 7) is 2.43. The number of carboxylic acid groups (broad SMARTS) is 2. The molecule has 1 aliphatic rings. The van der Waals surface area contributed by atoms with Gasteiger partial charge in [0.1, 0.15) is 6.04 Å². The summed E-state index contributed by atoms with van der Waals surface area (Å²) < 4.78 is 0. The first-order valence-electron chi connectivity index (χ1n) is 6.56. The third-order valence-electron chi connectivity index (χ3n) is 3.37. The number of nitrogens with one attached hydrogen (secondary N) is 2. The van der Waals surface area contributed by atoms with Crippen LogP contribution >= 0.6 is 0 Å². The Morgan fingerprint density at radius 3 is 2.35 bits per heavy atom. The lowest BCUT2D eigenvalue weighted by molar-refractivity contribution is -0.145. The summed E-state index contributed by atoms with van der Waals surface area (Å²) in [5, 5.41) is 22.1. The molecule has 0 spiro atoms. The average Bonchev–Trinajstić information content (AvgIpc) is 2.36. The van der Waals surface area contributed by atoms with Crippen molar-refractivity contribution >= 4 is 18.0 Å². The summed E-state index contributed by atoms with van der Waals surface area (Å²) in [6.07, 6.45) is 1.32. The fraction of sp³-hybridized carbons (Fsp3) is 0.750. The highest BCUT2D eigenvalue weighted by Crippen LogP contribution is 2.14. The van der Waals surface area contributed by atoms with Gasteiger partial charge in [-0.1, -0.05) is 0 Å². The maximum atomic E-state index is 11.6. The highest BCUT2D eigenvalue weighted by molar-refractivity contribution is 5.86. The van der Waals surface area contributed by atoms with Crippen molar-refractivity contribution < 1.29 is 24.6 Å². The van der Waals surface area contributed by atoms with Gasteiger partial charge in [-0.15, -0.1) is 0 Å². The van der Waals surface area contributed by atoms with Gasteiger partial charge in [-0.2, -0.15) is 0 Å². The van der Waals surface area contributed by atoms with Crippen molar-refractivity contribution in [3.05, 3.63) is 0 Å². The van der Waals surface area contributed by atoms with Gasteiger partial charge < -0.3 is 25.7 Å². The number of nitrogens with zero attached hydrogens (tertiary/aromatic N) is 1. The predicted octanol–water partition coefficient (Wildman–Crippen LogP) is -0.445. The maximum absolute atomic E-state index is 11.6. The predicted molar refractivity (Wildman–Crippen MR) is 70.4 cm³/mol. The lowest BCUT2D eigenvalue weighted by atomic mass is 9.97. The van der Waals surface area contributed by atoms with Crippen LogP contribution in [0.3, 0.4) is 0 Å². The van der Waals surface area contributed by atoms with Crippen LogP contribution in [0.15, 0.2) is 0 Å². The van der Waals surface area contributed by atoms with Crippen molar-refractivity contribution in [3.63, 3.8) is 0 Å². The van der Waals surface area contributed by atoms with Crippen LogP contribution in [0, 0.1) is 5.92 Å². The Balaban J connectivity index is 2.31. The molecule has 1 rings (SSSR count). The number of urea groups is 1. The number of hydrogen-bond donors (Lipinski definition) is 4. The van der Waals surface area contributed by atoms with Crippen molar-refractivity contribution in [2.24, 2.45) is 5.92 Å². The number of likely N-dealkylation sites (tertiary alicyclic amines) is 1. The van der Waals surface area contributed by atoms with E-state index < -0.39 is 30.4 Å². The quantitative estimate of drug-likeness (QED) is 0.525. The van der Waals surface area contributed by atoms with E-state index in [1.54, 1.807) is 0 Å². The fourth-order valence-electron chi connectivity index (χ4n) is 2.09. The summed E-state index contributed by atoms with van der Waals surface area (Å²) in [4.78, 5) is 35.1. The minimum absolute atomic E-state index is 0.375. The number of amides is 2. The van der Waals surface area contributed by atoms with Crippen molar-refractivity contribution in [2.75, 3.05) is 26.7 Å². The van der Waals surface area contributed by atoms with E-state index >= 15 is 0 Å². The third-order valence-corrected chi connectivity index (χ3v) is 3.37. The smallest absolute Gasteiger partial charge is 0.326 e. The van der Waals surface area contributed by atoms with Crippen LogP contribution in [0.25, 0.3) is 0 Å². The second kappa shape index (κ2) is 7.68. The molecule has 1 fully saturated rings. The topological polar surface area (TPSA) is 119 Å². The molecule has 114 valence electrons. The van der Waals surface area contributed by atoms with E-state index in [-0.39, 0.29) is 0 Å². The highest BCUT2D eigenvalue weighted by atomic mass is 16.4. The number of piperidine rings is 1. The van der Waals surface area contributed by atoms with Crippen LogP contribution in [0.5, 0.6) is 0 Å². The molecule has 8 heteroatoms. The highest BCUT2D eigenvalue weighted by Gasteiger charge is 2.23. The second-order valence-corrected chi connectivity index (χ2v) is 5.09. The second-order valence-electron chi connectivity index (χ2n) is 5.09. The minimum atomic E-state index is -1.41. The molecule has 1 heterocycles. The van der Waals surface area contributed by atoms with Crippen molar-refractivity contribution in [3.8, 4) is 0 Å². The zero-order chi connectivity index (χ0) is 15.1. The molecule has 0 aromatic carbocycles. The molecule has 0 saturated carbocycles. The van der Waals surface area contributed by atoms with E-state index in [1.807, 2.05) is 7.05 Å². The zero-order valence-corrected chi connectivity index (χ0v) is 11.5. The Bertz CT molecular complexity index is 366. The molecule has 0 aliphatic carbocycles. The fourth-order valence-corrected chi connectivity index (χ4v) is 2.09. The number of carbonyl (C=O) groups is 3. The molecule has 0 aromatic heterocycles. The first kappa shape index (κ1) is 16.2. The maximum Gasteiger partial charge on any atom is 0.326 e. The molecule has 8 nitrogen and oxygen atoms in total.